The number of thiazole rings is 1. The summed E-state index contributed by atoms with van der Waals surface area (Å²) in [5, 5.41) is 36.7. The van der Waals surface area contributed by atoms with Crippen molar-refractivity contribution in [1.82, 2.24) is 19.6 Å². The van der Waals surface area contributed by atoms with Crippen molar-refractivity contribution in [3.8, 4) is 11.5 Å². The van der Waals surface area contributed by atoms with Crippen molar-refractivity contribution in [1.29, 1.82) is 0 Å². The Morgan fingerprint density at radius 1 is 1.24 bits per heavy atom. The van der Waals surface area contributed by atoms with E-state index in [1.54, 1.807) is 0 Å². The lowest BCUT2D eigenvalue weighted by Crippen LogP contribution is -2.71. The van der Waals surface area contributed by atoms with Crippen molar-refractivity contribution >= 4 is 61.2 Å². The summed E-state index contributed by atoms with van der Waals surface area (Å²) in [6.07, 6.45) is 0. The average Bonchev–Trinajstić information content (AvgIpc) is 3.25. The topological polar surface area (TPSA) is 255 Å². The highest BCUT2D eigenvalue weighted by Crippen LogP contribution is 2.30. The lowest BCUT2D eigenvalue weighted by atomic mass is 10.0. The molecule has 0 saturated carbocycles. The number of hydrogen-bond acceptors (Lipinski definition) is 13. The number of oxime groups is 1. The van der Waals surface area contributed by atoms with Gasteiger partial charge in [0.2, 0.25) is 0 Å². The highest BCUT2D eigenvalue weighted by Gasteiger charge is 2.51. The smallest absolute Gasteiger partial charge is 0.362 e. The number of rotatable bonds is 8. The summed E-state index contributed by atoms with van der Waals surface area (Å²) in [5.41, 5.74) is 4.76. The molecule has 200 valence electrons. The van der Waals surface area contributed by atoms with E-state index in [2.05, 4.69) is 20.4 Å². The minimum Gasteiger partial charge on any atom is -0.504 e. The van der Waals surface area contributed by atoms with Gasteiger partial charge in [-0.15, -0.1) is 11.3 Å². The summed E-state index contributed by atoms with van der Waals surface area (Å²) in [6, 6.07) is 1.18. The second kappa shape index (κ2) is 9.72. The van der Waals surface area contributed by atoms with Crippen molar-refractivity contribution in [2.24, 2.45) is 5.16 Å². The molecule has 7 N–H and O–H groups in total. The van der Waals surface area contributed by atoms with Gasteiger partial charge >= 0.3 is 16.3 Å². The molecule has 1 aliphatic heterocycles. The Morgan fingerprint density at radius 3 is 2.50 bits per heavy atom. The summed E-state index contributed by atoms with van der Waals surface area (Å²) in [5.74, 6) is -4.44. The van der Waals surface area contributed by atoms with E-state index < -0.39 is 69.7 Å². The second-order valence-corrected chi connectivity index (χ2v) is 10.1. The van der Waals surface area contributed by atoms with Crippen LogP contribution in [-0.4, -0.2) is 78.1 Å². The van der Waals surface area contributed by atoms with Gasteiger partial charge in [-0.2, -0.15) is 8.42 Å². The van der Waals surface area contributed by atoms with Crippen LogP contribution < -0.4 is 11.1 Å². The molecular formula is C20H18N6O10S2. The highest BCUT2D eigenvalue weighted by molar-refractivity contribution is 7.84. The van der Waals surface area contributed by atoms with Crippen LogP contribution in [0.4, 0.5) is 5.13 Å². The number of carbonyl (C=O) groups excluding carboxylic acids is 2. The molecule has 16 nitrogen and oxygen atoms in total. The molecule has 3 heterocycles. The van der Waals surface area contributed by atoms with Crippen LogP contribution in [0.3, 0.4) is 0 Å². The van der Waals surface area contributed by atoms with Crippen LogP contribution >= 0.6 is 11.3 Å². The third-order valence-electron chi connectivity index (χ3n) is 5.42. The highest BCUT2D eigenvalue weighted by atomic mass is 32.2. The molecule has 2 amide bonds. The van der Waals surface area contributed by atoms with E-state index in [9.17, 15) is 38.1 Å². The molecule has 1 aromatic carbocycles. The molecule has 18 heteroatoms. The first-order chi connectivity index (χ1) is 17.8. The number of nitrogens with one attached hydrogen (secondary N) is 1. The van der Waals surface area contributed by atoms with Crippen LogP contribution in [0.25, 0.3) is 10.9 Å². The number of hydrogen-bond donors (Lipinski definition) is 6. The van der Waals surface area contributed by atoms with Crippen molar-refractivity contribution < 1.29 is 47.5 Å². The Morgan fingerprint density at radius 2 is 1.92 bits per heavy atom. The Kier molecular flexibility index (Phi) is 6.78. The number of pyridine rings is 1. The molecule has 2 atom stereocenters. The van der Waals surface area contributed by atoms with E-state index in [4.69, 9.17) is 15.1 Å². The maximum atomic E-state index is 12.9. The van der Waals surface area contributed by atoms with E-state index in [-0.39, 0.29) is 31.6 Å². The number of carbonyl (C=O) groups is 3. The van der Waals surface area contributed by atoms with Gasteiger partial charge in [0, 0.05) is 22.4 Å². The molecule has 0 spiro atoms. The van der Waals surface area contributed by atoms with Gasteiger partial charge < -0.3 is 31.2 Å². The number of carboxylic acid groups (broad SMARTS) is 1. The zero-order valence-corrected chi connectivity index (χ0v) is 20.7. The molecule has 0 bridgehead atoms. The zero-order chi connectivity index (χ0) is 27.9. The van der Waals surface area contributed by atoms with Gasteiger partial charge in [0.25, 0.3) is 11.8 Å². The molecule has 1 aliphatic rings. The zero-order valence-electron chi connectivity index (χ0n) is 19.1. The lowest BCUT2D eigenvalue weighted by molar-refractivity contribution is -0.143. The molecule has 0 aliphatic carbocycles. The fourth-order valence-corrected chi connectivity index (χ4v) is 5.05. The van der Waals surface area contributed by atoms with Gasteiger partial charge in [-0.05, 0) is 19.1 Å². The number of fused-ring (bicyclic) bond motifs is 1. The van der Waals surface area contributed by atoms with E-state index in [1.165, 1.54) is 24.4 Å². The van der Waals surface area contributed by atoms with Gasteiger partial charge in [-0.1, -0.05) is 5.16 Å². The van der Waals surface area contributed by atoms with Crippen molar-refractivity contribution in [3.63, 3.8) is 0 Å². The number of aromatic carboxylic acids is 1. The number of benzene rings is 1. The summed E-state index contributed by atoms with van der Waals surface area (Å²) in [6.45, 7) is 0.768. The Balaban J connectivity index is 1.60. The van der Waals surface area contributed by atoms with Crippen LogP contribution in [0, 0.1) is 0 Å². The maximum Gasteiger partial charge on any atom is 0.362 e. The van der Waals surface area contributed by atoms with E-state index in [0.29, 0.717) is 0 Å². The van der Waals surface area contributed by atoms with Gasteiger partial charge in [-0.3, -0.25) is 14.1 Å². The number of phenolic OH excluding ortho intramolecular Hbond substituents is 2. The fourth-order valence-electron chi connectivity index (χ4n) is 3.62. The number of nitrogens with two attached hydrogens (primary N) is 1. The normalized spacial score (nSPS) is 17.8. The molecule has 38 heavy (non-hydrogen) atoms. The standard InChI is InChI=1S/C20H18N6O10S2/c1-7-14(18(30)26(7)38(33,34)35)24-17(29)16(11-6-37-20(21)23-11)25-36-5-9-2-8-3-12(27)13(28)4-10(8)22-15(9)19(31)32/h2-4,6-7,14,27-28H,5H2,1H3,(H2,21,23)(H,24,29)(H,31,32)(H,33,34,35)/b25-16-/t7-,14+/m1/s1. The summed E-state index contributed by atoms with van der Waals surface area (Å²) in [4.78, 5) is 49.9. The quantitative estimate of drug-likeness (QED) is 0.0681. The minimum absolute atomic E-state index is 0.00276. The summed E-state index contributed by atoms with van der Waals surface area (Å²) >= 11 is 0.965. The summed E-state index contributed by atoms with van der Waals surface area (Å²) < 4.78 is 31.9. The molecule has 0 unspecified atom stereocenters. The molecule has 1 fully saturated rings. The number of aromatic hydroxyl groups is 2. The Hall–Kier alpha value is -4.55. The average molecular weight is 567 g/mol. The third-order valence-corrected chi connectivity index (χ3v) is 7.10. The van der Waals surface area contributed by atoms with Crippen molar-refractivity contribution in [2.45, 2.75) is 25.6 Å². The predicted octanol–water partition coefficient (Wildman–Crippen LogP) is -0.178. The number of nitrogens with zero attached hydrogens (tertiary/aromatic N) is 4. The lowest BCUT2D eigenvalue weighted by Gasteiger charge is -2.42. The number of aromatic nitrogens is 2. The van der Waals surface area contributed by atoms with Crippen LogP contribution in [-0.2, 0) is 31.3 Å². The van der Waals surface area contributed by atoms with Gasteiger partial charge in [0.15, 0.2) is 28.0 Å². The van der Waals surface area contributed by atoms with Crippen molar-refractivity contribution in [3.05, 3.63) is 40.5 Å². The molecule has 2 aromatic heterocycles. The van der Waals surface area contributed by atoms with Crippen LogP contribution in [0.1, 0.15) is 28.7 Å². The number of nitrogen functional groups attached to an aromatic ring is 1. The second-order valence-electron chi connectivity index (χ2n) is 7.92. The first-order valence-corrected chi connectivity index (χ1v) is 12.7. The SMILES string of the molecule is C[C@@H]1[C@H](NC(=O)/C(=N\OCc2cc3cc(O)c(O)cc3nc2C(=O)O)c2csc(N)n2)C(=O)N1S(=O)(=O)O. The predicted molar refractivity (Wildman–Crippen MR) is 130 cm³/mol. The van der Waals surface area contributed by atoms with Crippen LogP contribution in [0.2, 0.25) is 0 Å². The van der Waals surface area contributed by atoms with Gasteiger partial charge in [0.05, 0.1) is 11.6 Å². The Labute approximate surface area is 216 Å². The molecule has 4 rings (SSSR count). The van der Waals surface area contributed by atoms with Crippen LogP contribution in [0.15, 0.2) is 28.7 Å². The number of carboxylic acids is 1. The largest absolute Gasteiger partial charge is 0.504 e. The van der Waals surface area contributed by atoms with Gasteiger partial charge in [0.1, 0.15) is 18.3 Å². The minimum atomic E-state index is -4.81. The number of anilines is 1. The number of amides is 2. The molecular weight excluding hydrogens is 548 g/mol. The summed E-state index contributed by atoms with van der Waals surface area (Å²) in [7, 11) is -4.81. The maximum absolute atomic E-state index is 12.9. The van der Waals surface area contributed by atoms with E-state index in [0.717, 1.165) is 17.4 Å². The van der Waals surface area contributed by atoms with Gasteiger partial charge in [-0.25, -0.2) is 19.1 Å². The Bertz CT molecular complexity index is 1620. The fraction of sp³-hybridized carbons (Fsp3) is 0.200. The molecule has 1 saturated heterocycles. The van der Waals surface area contributed by atoms with Crippen molar-refractivity contribution in [2.75, 3.05) is 5.73 Å². The first-order valence-electron chi connectivity index (χ1n) is 10.4. The number of β-lactam (4-membered cyclic amide) rings is 1. The van der Waals surface area contributed by atoms with E-state index in [1.807, 2.05) is 0 Å². The monoisotopic (exact) mass is 566 g/mol. The third kappa shape index (κ3) is 4.99. The van der Waals surface area contributed by atoms with Crippen LogP contribution in [0.5, 0.6) is 11.5 Å². The molecule has 0 radical (unpaired) electrons. The molecule has 3 aromatic rings. The van der Waals surface area contributed by atoms with E-state index >= 15 is 0 Å². The number of phenols is 2. The first kappa shape index (κ1) is 26.5.